The van der Waals surface area contributed by atoms with Crippen molar-refractivity contribution in [3.63, 3.8) is 0 Å². The number of nitrogens with zero attached hydrogens (tertiary/aromatic N) is 2. The van der Waals surface area contributed by atoms with Crippen LogP contribution in [-0.4, -0.2) is 63.3 Å². The van der Waals surface area contributed by atoms with Crippen molar-refractivity contribution in [1.29, 1.82) is 0 Å². The second-order valence-electron chi connectivity index (χ2n) is 7.35. The molecule has 1 aromatic heterocycles. The van der Waals surface area contributed by atoms with E-state index in [4.69, 9.17) is 9.90 Å². The summed E-state index contributed by atoms with van der Waals surface area (Å²) in [5.74, 6) is -2.40. The van der Waals surface area contributed by atoms with Crippen molar-refractivity contribution in [3.8, 4) is 0 Å². The fourth-order valence-corrected chi connectivity index (χ4v) is 2.90. The molecule has 12 heteroatoms. The van der Waals surface area contributed by atoms with Crippen molar-refractivity contribution < 1.29 is 32.7 Å². The lowest BCUT2D eigenvalue weighted by atomic mass is 10.0. The third-order valence-electron chi connectivity index (χ3n) is 4.69. The lowest BCUT2D eigenvalue weighted by molar-refractivity contribution is -0.192. The van der Waals surface area contributed by atoms with E-state index in [1.807, 2.05) is 0 Å². The van der Waals surface area contributed by atoms with Crippen molar-refractivity contribution in [2.45, 2.75) is 51.2 Å². The number of amides is 2. The van der Waals surface area contributed by atoms with E-state index < -0.39 is 12.1 Å². The monoisotopic (exact) mass is 432 g/mol. The number of hydrogen-bond acceptors (Lipinski definition) is 5. The van der Waals surface area contributed by atoms with Gasteiger partial charge in [0, 0.05) is 37.3 Å². The third-order valence-corrected chi connectivity index (χ3v) is 4.69. The van der Waals surface area contributed by atoms with E-state index in [0.29, 0.717) is 44.0 Å². The number of carboxylic acid groups (broad SMARTS) is 1. The smallest absolute Gasteiger partial charge is 0.475 e. The number of alkyl halides is 3. The molecule has 1 saturated heterocycles. The van der Waals surface area contributed by atoms with Crippen molar-refractivity contribution in [2.24, 2.45) is 5.92 Å². The molecular weight excluding hydrogens is 409 g/mol. The van der Waals surface area contributed by atoms with Gasteiger partial charge in [0.1, 0.15) is 0 Å². The summed E-state index contributed by atoms with van der Waals surface area (Å²) in [5.41, 5.74) is 0.210. The molecule has 1 aliphatic carbocycles. The van der Waals surface area contributed by atoms with Crippen LogP contribution < -0.4 is 10.7 Å². The number of H-pyrrole nitrogens is 1. The lowest BCUT2D eigenvalue weighted by Gasteiger charge is -2.32. The van der Waals surface area contributed by atoms with Crippen LogP contribution in [0.4, 0.5) is 13.2 Å². The molecule has 0 bridgehead atoms. The second kappa shape index (κ2) is 9.72. The number of likely N-dealkylation sites (tertiary alicyclic amines) is 1. The van der Waals surface area contributed by atoms with Gasteiger partial charge in [0.15, 0.2) is 5.69 Å². The number of carboxylic acids is 1. The van der Waals surface area contributed by atoms with Crippen molar-refractivity contribution in [3.05, 3.63) is 27.7 Å². The number of halogens is 3. The quantitative estimate of drug-likeness (QED) is 0.656. The summed E-state index contributed by atoms with van der Waals surface area (Å²) in [6.45, 7) is 2.78. The summed E-state index contributed by atoms with van der Waals surface area (Å²) in [7, 11) is 0. The molecule has 2 amide bonds. The van der Waals surface area contributed by atoms with E-state index >= 15 is 0 Å². The fourth-order valence-electron chi connectivity index (χ4n) is 2.90. The van der Waals surface area contributed by atoms with Crippen LogP contribution >= 0.6 is 0 Å². The number of aryl methyl sites for hydroxylation is 1. The first-order valence-corrected chi connectivity index (χ1v) is 9.42. The van der Waals surface area contributed by atoms with Crippen LogP contribution in [0.3, 0.4) is 0 Å². The zero-order chi connectivity index (χ0) is 22.5. The van der Waals surface area contributed by atoms with Gasteiger partial charge in [-0.2, -0.15) is 18.3 Å². The molecule has 0 unspecified atom stereocenters. The molecule has 0 radical (unpaired) electrons. The molecule has 1 aromatic rings. The predicted octanol–water partition coefficient (Wildman–Crippen LogP) is 1.23. The van der Waals surface area contributed by atoms with E-state index in [0.717, 1.165) is 0 Å². The minimum absolute atomic E-state index is 0.0631. The van der Waals surface area contributed by atoms with Gasteiger partial charge in [0.25, 0.3) is 5.91 Å². The summed E-state index contributed by atoms with van der Waals surface area (Å²) in [6.07, 6.45) is -0.698. The van der Waals surface area contributed by atoms with E-state index in [1.165, 1.54) is 18.9 Å². The molecule has 3 rings (SSSR count). The molecule has 0 atom stereocenters. The first-order valence-electron chi connectivity index (χ1n) is 9.42. The molecule has 1 aliphatic heterocycles. The number of aromatic nitrogens is 2. The van der Waals surface area contributed by atoms with E-state index in [1.54, 1.807) is 11.8 Å². The minimum atomic E-state index is -5.08. The van der Waals surface area contributed by atoms with Crippen LogP contribution in [0.5, 0.6) is 0 Å². The van der Waals surface area contributed by atoms with Crippen LogP contribution in [0.1, 0.15) is 48.3 Å². The number of nitrogens with one attached hydrogen (secondary N) is 2. The van der Waals surface area contributed by atoms with E-state index in [2.05, 4.69) is 15.5 Å². The topological polar surface area (TPSA) is 132 Å². The molecule has 2 fully saturated rings. The average molecular weight is 432 g/mol. The molecule has 0 aromatic carbocycles. The molecule has 2 aliphatic rings. The maximum Gasteiger partial charge on any atom is 0.490 e. The summed E-state index contributed by atoms with van der Waals surface area (Å²) in [4.78, 5) is 46.6. The standard InChI is InChI=1S/C16H22N4O3.C2HF3O2/c1-10-8-13(21)15(19-18-10)16(23)20-6-4-12(5-7-20)17-14(22)9-11-2-3-11;3-2(4,5)1(6)7/h8,11-12H,2-7,9H2,1H3,(H,17,22)(H,18,21);(H,6,7). The number of aliphatic carboxylic acids is 1. The molecule has 0 spiro atoms. The Morgan fingerprint density at radius 2 is 1.80 bits per heavy atom. The fraction of sp³-hybridized carbons (Fsp3) is 0.611. The van der Waals surface area contributed by atoms with E-state index in [9.17, 15) is 27.6 Å². The predicted molar refractivity (Wildman–Crippen MR) is 97.7 cm³/mol. The number of rotatable bonds is 4. The second-order valence-corrected chi connectivity index (χ2v) is 7.35. The van der Waals surface area contributed by atoms with Gasteiger partial charge in [-0.25, -0.2) is 4.79 Å². The van der Waals surface area contributed by atoms with Gasteiger partial charge in [-0.3, -0.25) is 19.5 Å². The Hall–Kier alpha value is -2.92. The highest BCUT2D eigenvalue weighted by atomic mass is 19.4. The number of hydrogen-bond donors (Lipinski definition) is 3. The van der Waals surface area contributed by atoms with Crippen molar-refractivity contribution in [1.82, 2.24) is 20.4 Å². The van der Waals surface area contributed by atoms with Gasteiger partial charge in [-0.1, -0.05) is 0 Å². The Bertz CT molecular complexity index is 843. The SMILES string of the molecule is Cc1cc(=O)c(C(=O)N2CCC(NC(=O)CC3CC3)CC2)n[nH]1.O=C(O)C(F)(F)F. The lowest BCUT2D eigenvalue weighted by Crippen LogP contribution is -2.47. The summed E-state index contributed by atoms with van der Waals surface area (Å²) >= 11 is 0. The van der Waals surface area contributed by atoms with Crippen LogP contribution in [0.2, 0.25) is 0 Å². The highest BCUT2D eigenvalue weighted by Gasteiger charge is 2.38. The molecule has 166 valence electrons. The zero-order valence-electron chi connectivity index (χ0n) is 16.3. The van der Waals surface area contributed by atoms with Gasteiger partial charge < -0.3 is 15.3 Å². The molecule has 2 heterocycles. The van der Waals surface area contributed by atoms with Crippen LogP contribution in [0, 0.1) is 12.8 Å². The van der Waals surface area contributed by atoms with Crippen molar-refractivity contribution >= 4 is 17.8 Å². The highest BCUT2D eigenvalue weighted by Crippen LogP contribution is 2.32. The third kappa shape index (κ3) is 7.16. The maximum absolute atomic E-state index is 12.4. The van der Waals surface area contributed by atoms with Crippen LogP contribution in [-0.2, 0) is 9.59 Å². The normalized spacial score (nSPS) is 17.0. The minimum Gasteiger partial charge on any atom is -0.475 e. The van der Waals surface area contributed by atoms with Gasteiger partial charge in [-0.05, 0) is 38.5 Å². The largest absolute Gasteiger partial charge is 0.490 e. The molecular formula is C18H23F3N4O5. The Morgan fingerprint density at radius 3 is 2.27 bits per heavy atom. The number of piperidine rings is 1. The Balaban J connectivity index is 0.000000396. The van der Waals surface area contributed by atoms with E-state index in [-0.39, 0.29) is 29.0 Å². The summed E-state index contributed by atoms with van der Waals surface area (Å²) in [5, 5.41) is 16.7. The molecule has 30 heavy (non-hydrogen) atoms. The number of carbonyl (C=O) groups excluding carboxylic acids is 2. The van der Waals surface area contributed by atoms with Gasteiger partial charge in [0.2, 0.25) is 11.3 Å². The first kappa shape index (κ1) is 23.4. The van der Waals surface area contributed by atoms with Crippen LogP contribution in [0.15, 0.2) is 10.9 Å². The summed E-state index contributed by atoms with van der Waals surface area (Å²) < 4.78 is 31.7. The Morgan fingerprint density at radius 1 is 1.23 bits per heavy atom. The molecule has 1 saturated carbocycles. The van der Waals surface area contributed by atoms with Crippen LogP contribution in [0.25, 0.3) is 0 Å². The number of carbonyl (C=O) groups is 3. The Labute approximate surface area is 169 Å². The Kier molecular flexibility index (Phi) is 7.57. The highest BCUT2D eigenvalue weighted by molar-refractivity contribution is 5.92. The summed E-state index contributed by atoms with van der Waals surface area (Å²) in [6, 6.07) is 1.50. The van der Waals surface area contributed by atoms with Gasteiger partial charge in [0.05, 0.1) is 0 Å². The zero-order valence-corrected chi connectivity index (χ0v) is 16.3. The van der Waals surface area contributed by atoms with Gasteiger partial charge in [-0.15, -0.1) is 0 Å². The first-order chi connectivity index (χ1) is 14.0. The van der Waals surface area contributed by atoms with Crippen molar-refractivity contribution in [2.75, 3.05) is 13.1 Å². The number of aromatic amines is 1. The maximum atomic E-state index is 12.4. The average Bonchev–Trinajstić information content (AvgIpc) is 3.45. The van der Waals surface area contributed by atoms with Gasteiger partial charge >= 0.3 is 12.1 Å². The molecule has 9 nitrogen and oxygen atoms in total. The molecule has 3 N–H and O–H groups in total.